The number of hydrogen-bond donors (Lipinski definition) is 1. The smallest absolute Gasteiger partial charge is 0.162 e. The third kappa shape index (κ3) is 3.70. The minimum Gasteiger partial charge on any atom is -0.384 e. The number of aryl methyl sites for hydroxylation is 2. The fourth-order valence-corrected chi connectivity index (χ4v) is 5.19. The number of carbonyl (C=O) groups excluding carboxylic acids is 1. The van der Waals surface area contributed by atoms with Crippen LogP contribution in [0.1, 0.15) is 49.3 Å². The van der Waals surface area contributed by atoms with Crippen LogP contribution in [-0.2, 0) is 4.79 Å². The molecule has 4 nitrogen and oxygen atoms in total. The maximum absolute atomic E-state index is 13.6. The van der Waals surface area contributed by atoms with E-state index in [1.165, 1.54) is 0 Å². The molecule has 0 fully saturated rings. The maximum atomic E-state index is 13.6. The number of halogens is 1. The van der Waals surface area contributed by atoms with E-state index in [4.69, 9.17) is 5.73 Å². The summed E-state index contributed by atoms with van der Waals surface area (Å²) in [4.78, 5) is 15.5. The molecule has 0 amide bonds. The van der Waals surface area contributed by atoms with Crippen molar-refractivity contribution < 1.29 is 4.79 Å². The molecule has 158 valence electrons. The van der Waals surface area contributed by atoms with Gasteiger partial charge in [0.2, 0.25) is 0 Å². The molecule has 4 rings (SSSR count). The van der Waals surface area contributed by atoms with Crippen LogP contribution in [0, 0.1) is 30.6 Å². The molecule has 2 aromatic rings. The van der Waals surface area contributed by atoms with Crippen molar-refractivity contribution in [3.63, 3.8) is 0 Å². The van der Waals surface area contributed by atoms with Crippen molar-refractivity contribution in [2.75, 3.05) is 4.90 Å². The summed E-state index contributed by atoms with van der Waals surface area (Å²) in [6.07, 6.45) is 1.17. The Kier molecular flexibility index (Phi) is 5.31. The fourth-order valence-electron chi connectivity index (χ4n) is 4.80. The Morgan fingerprint density at radius 3 is 2.58 bits per heavy atom. The van der Waals surface area contributed by atoms with Crippen LogP contribution in [0.2, 0.25) is 0 Å². The molecule has 2 aliphatic rings. The van der Waals surface area contributed by atoms with Crippen molar-refractivity contribution in [1.29, 1.82) is 5.26 Å². The molecule has 0 spiro atoms. The lowest BCUT2D eigenvalue weighted by molar-refractivity contribution is -0.118. The molecule has 0 bridgehead atoms. The van der Waals surface area contributed by atoms with Crippen LogP contribution in [0.25, 0.3) is 0 Å². The second kappa shape index (κ2) is 7.69. The minimum atomic E-state index is -0.438. The van der Waals surface area contributed by atoms with Gasteiger partial charge < -0.3 is 5.73 Å². The molecule has 2 N–H and O–H groups in total. The number of nitrogens with two attached hydrogens (primary N) is 1. The molecule has 1 unspecified atom stereocenters. The van der Waals surface area contributed by atoms with Crippen molar-refractivity contribution in [2.24, 2.45) is 11.1 Å². The summed E-state index contributed by atoms with van der Waals surface area (Å²) in [5.74, 6) is 0.0556. The van der Waals surface area contributed by atoms with Gasteiger partial charge in [0.05, 0.1) is 17.6 Å². The van der Waals surface area contributed by atoms with Gasteiger partial charge >= 0.3 is 0 Å². The molecule has 1 aliphatic heterocycles. The molecule has 2 aromatic carbocycles. The van der Waals surface area contributed by atoms with E-state index in [1.807, 2.05) is 49.1 Å². The van der Waals surface area contributed by atoms with E-state index in [1.54, 1.807) is 0 Å². The average Bonchev–Trinajstić information content (AvgIpc) is 2.68. The number of rotatable bonds is 2. The zero-order valence-corrected chi connectivity index (χ0v) is 19.9. The normalized spacial score (nSPS) is 20.6. The highest BCUT2D eigenvalue weighted by molar-refractivity contribution is 9.10. The molecule has 0 aromatic heterocycles. The maximum Gasteiger partial charge on any atom is 0.162 e. The molecule has 5 heteroatoms. The van der Waals surface area contributed by atoms with E-state index < -0.39 is 5.92 Å². The zero-order chi connectivity index (χ0) is 22.5. The number of anilines is 1. The van der Waals surface area contributed by atoms with Crippen LogP contribution in [0.4, 0.5) is 5.69 Å². The van der Waals surface area contributed by atoms with Crippen LogP contribution in [0.5, 0.6) is 0 Å². The first-order valence-corrected chi connectivity index (χ1v) is 11.2. The van der Waals surface area contributed by atoms with E-state index in [0.717, 1.165) is 32.5 Å². The van der Waals surface area contributed by atoms with Crippen molar-refractivity contribution in [3.8, 4) is 6.07 Å². The minimum absolute atomic E-state index is 0.0948. The first kappa shape index (κ1) is 21.4. The summed E-state index contributed by atoms with van der Waals surface area (Å²) in [6.45, 7) is 8.28. The molecule has 1 aliphatic carbocycles. The highest BCUT2D eigenvalue weighted by atomic mass is 79.9. The lowest BCUT2D eigenvalue weighted by atomic mass is 9.68. The number of nitriles is 1. The Labute approximate surface area is 192 Å². The van der Waals surface area contributed by atoms with Crippen molar-refractivity contribution in [3.05, 3.63) is 86.3 Å². The van der Waals surface area contributed by atoms with Gasteiger partial charge in [-0.25, -0.2) is 0 Å². The summed E-state index contributed by atoms with van der Waals surface area (Å²) < 4.78 is 0.913. The van der Waals surface area contributed by atoms with Gasteiger partial charge in [0.15, 0.2) is 5.78 Å². The zero-order valence-electron chi connectivity index (χ0n) is 18.3. The Balaban J connectivity index is 2.04. The molecule has 1 heterocycles. The lowest BCUT2D eigenvalue weighted by Crippen LogP contribution is -2.42. The highest BCUT2D eigenvalue weighted by Gasteiger charge is 2.45. The SMILES string of the molecule is Cc1ccc(C)c(C2C(C#N)=C(N)N(c3cccc(Br)c3)C3=C2C(=O)CC(C)(C)C3)c1. The van der Waals surface area contributed by atoms with E-state index in [2.05, 4.69) is 48.0 Å². The van der Waals surface area contributed by atoms with Crippen molar-refractivity contribution >= 4 is 27.4 Å². The van der Waals surface area contributed by atoms with Gasteiger partial charge in [0.1, 0.15) is 5.82 Å². The summed E-state index contributed by atoms with van der Waals surface area (Å²) in [5.41, 5.74) is 12.5. The van der Waals surface area contributed by atoms with Gasteiger partial charge in [-0.3, -0.25) is 9.69 Å². The lowest BCUT2D eigenvalue weighted by Gasteiger charge is -2.44. The van der Waals surface area contributed by atoms with E-state index >= 15 is 0 Å². The van der Waals surface area contributed by atoms with E-state index in [0.29, 0.717) is 29.8 Å². The number of hydrogen-bond acceptors (Lipinski definition) is 4. The summed E-state index contributed by atoms with van der Waals surface area (Å²) in [5, 5.41) is 10.2. The monoisotopic (exact) mass is 475 g/mol. The summed E-state index contributed by atoms with van der Waals surface area (Å²) in [7, 11) is 0. The Morgan fingerprint density at radius 2 is 1.90 bits per heavy atom. The number of nitrogens with zero attached hydrogens (tertiary/aromatic N) is 2. The summed E-state index contributed by atoms with van der Waals surface area (Å²) in [6, 6.07) is 16.3. The van der Waals surface area contributed by atoms with Crippen molar-refractivity contribution in [2.45, 2.75) is 46.5 Å². The number of Topliss-reactive ketones (excluding diaryl/α,β-unsaturated/α-hetero) is 1. The van der Waals surface area contributed by atoms with Crippen molar-refractivity contribution in [1.82, 2.24) is 0 Å². The number of allylic oxidation sites excluding steroid dienone is 3. The van der Waals surface area contributed by atoms with E-state index in [9.17, 15) is 10.1 Å². The number of benzene rings is 2. The molecule has 31 heavy (non-hydrogen) atoms. The molecule has 0 radical (unpaired) electrons. The highest BCUT2D eigenvalue weighted by Crippen LogP contribution is 2.50. The second-order valence-electron chi connectivity index (χ2n) is 9.32. The van der Waals surface area contributed by atoms with E-state index in [-0.39, 0.29) is 11.2 Å². The van der Waals surface area contributed by atoms with Crippen LogP contribution in [-0.4, -0.2) is 5.78 Å². The van der Waals surface area contributed by atoms with Gasteiger partial charge in [0.25, 0.3) is 0 Å². The molecular weight excluding hydrogens is 450 g/mol. The summed E-state index contributed by atoms with van der Waals surface area (Å²) >= 11 is 3.54. The van der Waals surface area contributed by atoms with Gasteiger partial charge in [-0.2, -0.15) is 5.26 Å². The standard InChI is InChI=1S/C26H26BrN3O/c1-15-8-9-16(2)19(10-15)23-20(14-28)25(29)30(18-7-5-6-17(27)11-18)21-12-26(3,4)13-22(31)24(21)23/h5-11,23H,12-13,29H2,1-4H3. The first-order valence-electron chi connectivity index (χ1n) is 10.4. The average molecular weight is 476 g/mol. The van der Waals surface area contributed by atoms with Gasteiger partial charge in [-0.1, -0.05) is 59.6 Å². The van der Waals surface area contributed by atoms with Crippen LogP contribution < -0.4 is 10.6 Å². The molecule has 0 saturated carbocycles. The van der Waals surface area contributed by atoms with Gasteiger partial charge in [0, 0.05) is 27.9 Å². The van der Waals surface area contributed by atoms with Crippen LogP contribution in [0.3, 0.4) is 0 Å². The quantitative estimate of drug-likeness (QED) is 0.577. The van der Waals surface area contributed by atoms with Gasteiger partial charge in [-0.05, 0) is 55.0 Å². The Morgan fingerprint density at radius 1 is 1.16 bits per heavy atom. The van der Waals surface area contributed by atoms with Gasteiger partial charge in [-0.15, -0.1) is 0 Å². The number of carbonyl (C=O) groups is 1. The topological polar surface area (TPSA) is 70.1 Å². The predicted molar refractivity (Wildman–Crippen MR) is 127 cm³/mol. The molecular formula is C26H26BrN3O. The Hall–Kier alpha value is -2.84. The van der Waals surface area contributed by atoms with Crippen LogP contribution in [0.15, 0.2) is 69.6 Å². The second-order valence-corrected chi connectivity index (χ2v) is 10.2. The third-order valence-corrected chi connectivity index (χ3v) is 6.69. The Bertz CT molecular complexity index is 1200. The predicted octanol–water partition coefficient (Wildman–Crippen LogP) is 6.01. The largest absolute Gasteiger partial charge is 0.384 e. The molecule has 1 atom stereocenters. The fraction of sp³-hybridized carbons (Fsp3) is 0.308. The third-order valence-electron chi connectivity index (χ3n) is 6.19. The van der Waals surface area contributed by atoms with Crippen LogP contribution >= 0.6 is 15.9 Å². The molecule has 0 saturated heterocycles. The first-order chi connectivity index (χ1) is 14.6. The number of ketones is 1.